The van der Waals surface area contributed by atoms with Crippen LogP contribution in [0.5, 0.6) is 0 Å². The average Bonchev–Trinajstić information content (AvgIpc) is 3.41. The summed E-state index contributed by atoms with van der Waals surface area (Å²) >= 11 is 7.78. The molecular weight excluding hydrogens is 416 g/mol. The molecule has 0 radical (unpaired) electrons. The molecule has 1 aliphatic heterocycles. The van der Waals surface area contributed by atoms with E-state index in [0.29, 0.717) is 16.7 Å². The summed E-state index contributed by atoms with van der Waals surface area (Å²) < 4.78 is 6.87. The summed E-state index contributed by atoms with van der Waals surface area (Å²) in [5, 5.41) is 1.41. The molecule has 0 saturated carbocycles. The van der Waals surface area contributed by atoms with Crippen LogP contribution in [-0.2, 0) is 17.6 Å². The number of anilines is 1. The summed E-state index contributed by atoms with van der Waals surface area (Å²) in [6.45, 7) is 3.30. The average molecular weight is 441 g/mol. The number of hydrogen-bond donors (Lipinski definition) is 0. The zero-order valence-electron chi connectivity index (χ0n) is 17.1. The van der Waals surface area contributed by atoms with Crippen molar-refractivity contribution in [1.29, 1.82) is 0 Å². The maximum absolute atomic E-state index is 13.7. The number of nitrogens with zero attached hydrogens (tertiary/aromatic N) is 2. The smallest absolute Gasteiger partial charge is 0.260 e. The highest BCUT2D eigenvalue weighted by Crippen LogP contribution is 2.34. The van der Waals surface area contributed by atoms with Crippen molar-refractivity contribution < 1.29 is 9.53 Å². The summed E-state index contributed by atoms with van der Waals surface area (Å²) in [6, 6.07) is 10.1. The number of thiazole rings is 1. The van der Waals surface area contributed by atoms with Gasteiger partial charge in [-0.05, 0) is 86.4 Å². The molecule has 156 valence electrons. The first-order valence-corrected chi connectivity index (χ1v) is 11.9. The number of aromatic nitrogens is 1. The molecule has 1 aromatic heterocycles. The number of rotatable bonds is 4. The van der Waals surface area contributed by atoms with Gasteiger partial charge in [-0.1, -0.05) is 29.0 Å². The monoisotopic (exact) mass is 440 g/mol. The normalized spacial score (nSPS) is 18.5. The minimum Gasteiger partial charge on any atom is -0.376 e. The topological polar surface area (TPSA) is 42.4 Å². The first-order chi connectivity index (χ1) is 14.6. The van der Waals surface area contributed by atoms with E-state index in [1.165, 1.54) is 35.3 Å². The predicted octanol–water partition coefficient (Wildman–Crippen LogP) is 5.96. The Kier molecular flexibility index (Phi) is 5.52. The molecular formula is C24H25ClN2O2S. The van der Waals surface area contributed by atoms with Crippen molar-refractivity contribution in [3.8, 4) is 0 Å². The number of benzene rings is 2. The van der Waals surface area contributed by atoms with Crippen molar-refractivity contribution in [3.05, 3.63) is 57.6 Å². The third-order valence-corrected chi connectivity index (χ3v) is 7.36. The van der Waals surface area contributed by atoms with Crippen molar-refractivity contribution in [2.24, 2.45) is 0 Å². The van der Waals surface area contributed by atoms with Gasteiger partial charge in [0.15, 0.2) is 5.13 Å². The number of ether oxygens (including phenoxy) is 1. The molecule has 1 atom stereocenters. The zero-order chi connectivity index (χ0) is 20.7. The minimum atomic E-state index is 0.00156. The van der Waals surface area contributed by atoms with Gasteiger partial charge in [-0.3, -0.25) is 9.69 Å². The van der Waals surface area contributed by atoms with Crippen LogP contribution in [0, 0.1) is 6.92 Å². The van der Waals surface area contributed by atoms with Crippen molar-refractivity contribution in [1.82, 2.24) is 4.98 Å². The molecule has 5 rings (SSSR count). The number of aryl methyl sites for hydroxylation is 3. The van der Waals surface area contributed by atoms with Gasteiger partial charge in [-0.25, -0.2) is 4.98 Å². The molecule has 6 heteroatoms. The maximum Gasteiger partial charge on any atom is 0.260 e. The molecule has 1 saturated heterocycles. The number of fused-ring (bicyclic) bond motifs is 2. The number of halogens is 1. The van der Waals surface area contributed by atoms with Crippen LogP contribution in [0.15, 0.2) is 30.3 Å². The maximum atomic E-state index is 13.7. The number of carbonyl (C=O) groups excluding carboxylic acids is 1. The second-order valence-corrected chi connectivity index (χ2v) is 9.75. The lowest BCUT2D eigenvalue weighted by Crippen LogP contribution is -2.37. The van der Waals surface area contributed by atoms with E-state index in [1.54, 1.807) is 0 Å². The highest BCUT2D eigenvalue weighted by atomic mass is 35.5. The first-order valence-electron chi connectivity index (χ1n) is 10.7. The van der Waals surface area contributed by atoms with E-state index in [0.717, 1.165) is 53.6 Å². The Balaban J connectivity index is 1.53. The standard InChI is InChI=1S/C24H25ClN2O2S/c1-15-11-19(25)13-21-22(15)26-24(30-21)27(14-20-7-4-10-29-20)23(28)18-9-8-16-5-2-3-6-17(16)12-18/h8-9,11-13,20H,2-7,10,14H2,1H3. The quantitative estimate of drug-likeness (QED) is 0.502. The molecule has 2 aromatic carbocycles. The fourth-order valence-electron chi connectivity index (χ4n) is 4.52. The lowest BCUT2D eigenvalue weighted by Gasteiger charge is -2.24. The number of carbonyl (C=O) groups is 1. The van der Waals surface area contributed by atoms with Crippen molar-refractivity contribution in [2.75, 3.05) is 18.1 Å². The molecule has 1 fully saturated rings. The van der Waals surface area contributed by atoms with Gasteiger partial charge in [-0.2, -0.15) is 0 Å². The third kappa shape index (κ3) is 3.86. The largest absolute Gasteiger partial charge is 0.376 e. The van der Waals surface area contributed by atoms with Gasteiger partial charge in [0, 0.05) is 17.2 Å². The van der Waals surface area contributed by atoms with Crippen LogP contribution in [0.3, 0.4) is 0 Å². The molecule has 0 bridgehead atoms. The van der Waals surface area contributed by atoms with E-state index in [9.17, 15) is 4.79 Å². The molecule has 0 N–H and O–H groups in total. The van der Waals surface area contributed by atoms with E-state index in [4.69, 9.17) is 21.3 Å². The molecule has 2 aliphatic rings. The van der Waals surface area contributed by atoms with Crippen molar-refractivity contribution in [3.63, 3.8) is 0 Å². The van der Waals surface area contributed by atoms with E-state index < -0.39 is 0 Å². The van der Waals surface area contributed by atoms with Gasteiger partial charge >= 0.3 is 0 Å². The molecule has 1 unspecified atom stereocenters. The van der Waals surface area contributed by atoms with Crippen LogP contribution in [0.25, 0.3) is 10.2 Å². The first kappa shape index (κ1) is 20.0. The van der Waals surface area contributed by atoms with E-state index in [-0.39, 0.29) is 12.0 Å². The Labute approximate surface area is 185 Å². The number of hydrogen-bond acceptors (Lipinski definition) is 4. The molecule has 30 heavy (non-hydrogen) atoms. The van der Waals surface area contributed by atoms with Crippen LogP contribution in [0.4, 0.5) is 5.13 Å². The molecule has 2 heterocycles. The molecule has 1 aliphatic carbocycles. The highest BCUT2D eigenvalue weighted by molar-refractivity contribution is 7.22. The van der Waals surface area contributed by atoms with Crippen LogP contribution in [-0.4, -0.2) is 30.1 Å². The Morgan fingerprint density at radius 2 is 2.03 bits per heavy atom. The van der Waals surface area contributed by atoms with Gasteiger partial charge in [0.25, 0.3) is 5.91 Å². The second-order valence-electron chi connectivity index (χ2n) is 8.31. The summed E-state index contributed by atoms with van der Waals surface area (Å²) in [5.41, 5.74) is 5.38. The summed E-state index contributed by atoms with van der Waals surface area (Å²) in [7, 11) is 0. The fourth-order valence-corrected chi connectivity index (χ4v) is 5.95. The van der Waals surface area contributed by atoms with Crippen LogP contribution < -0.4 is 4.90 Å². The molecule has 1 amide bonds. The van der Waals surface area contributed by atoms with Gasteiger partial charge in [0.1, 0.15) is 0 Å². The molecule has 0 spiro atoms. The lowest BCUT2D eigenvalue weighted by molar-refractivity contribution is 0.0917. The van der Waals surface area contributed by atoms with Crippen molar-refractivity contribution >= 4 is 44.2 Å². The molecule has 3 aromatic rings. The summed E-state index contributed by atoms with van der Waals surface area (Å²) in [5.74, 6) is 0.00156. The second kappa shape index (κ2) is 8.29. The lowest BCUT2D eigenvalue weighted by atomic mass is 9.90. The Morgan fingerprint density at radius 1 is 1.20 bits per heavy atom. The van der Waals surface area contributed by atoms with E-state index >= 15 is 0 Å². The van der Waals surface area contributed by atoms with Crippen molar-refractivity contribution in [2.45, 2.75) is 51.6 Å². The SMILES string of the molecule is Cc1cc(Cl)cc2sc(N(CC3CCCO3)C(=O)c3ccc4c(c3)CCCC4)nc12. The fraction of sp³-hybridized carbons (Fsp3) is 0.417. The Bertz CT molecular complexity index is 1100. The summed E-state index contributed by atoms with van der Waals surface area (Å²) in [6.07, 6.45) is 6.68. The third-order valence-electron chi connectivity index (χ3n) is 6.12. The Hall–Kier alpha value is -1.95. The zero-order valence-corrected chi connectivity index (χ0v) is 18.7. The van der Waals surface area contributed by atoms with Gasteiger partial charge in [-0.15, -0.1) is 0 Å². The summed E-state index contributed by atoms with van der Waals surface area (Å²) in [4.78, 5) is 20.3. The highest BCUT2D eigenvalue weighted by Gasteiger charge is 2.28. The number of amides is 1. The van der Waals surface area contributed by atoms with Gasteiger partial charge in [0.05, 0.1) is 22.9 Å². The van der Waals surface area contributed by atoms with Gasteiger partial charge < -0.3 is 4.74 Å². The van der Waals surface area contributed by atoms with Crippen LogP contribution >= 0.6 is 22.9 Å². The molecule has 4 nitrogen and oxygen atoms in total. The van der Waals surface area contributed by atoms with Gasteiger partial charge in [0.2, 0.25) is 0 Å². The van der Waals surface area contributed by atoms with Crippen LogP contribution in [0.1, 0.15) is 52.7 Å². The van der Waals surface area contributed by atoms with E-state index in [2.05, 4.69) is 12.1 Å². The minimum absolute atomic E-state index is 0.00156. The van der Waals surface area contributed by atoms with Crippen LogP contribution in [0.2, 0.25) is 5.02 Å². The predicted molar refractivity (Wildman–Crippen MR) is 123 cm³/mol. The van der Waals surface area contributed by atoms with E-state index in [1.807, 2.05) is 30.0 Å². The Morgan fingerprint density at radius 3 is 2.83 bits per heavy atom.